The van der Waals surface area contributed by atoms with Gasteiger partial charge >= 0.3 is 0 Å². The molecule has 124 valence electrons. The molecule has 0 aliphatic heterocycles. The highest BCUT2D eigenvalue weighted by Gasteiger charge is 2.58. The fourth-order valence-corrected chi connectivity index (χ4v) is 6.85. The lowest BCUT2D eigenvalue weighted by atomic mass is 9.47. The SMILES string of the molecule is COC1C=C2CCC3C(CCC4(C)C(O)CCC34)C2(C)CC1. The molecule has 2 nitrogen and oxygen atoms in total. The predicted molar refractivity (Wildman–Crippen MR) is 88.5 cm³/mol. The topological polar surface area (TPSA) is 29.5 Å². The van der Waals surface area contributed by atoms with Gasteiger partial charge in [0.05, 0.1) is 12.2 Å². The van der Waals surface area contributed by atoms with Crippen molar-refractivity contribution in [3.8, 4) is 0 Å². The number of rotatable bonds is 1. The molecule has 0 saturated heterocycles. The van der Waals surface area contributed by atoms with Gasteiger partial charge in [-0.15, -0.1) is 0 Å². The first-order chi connectivity index (χ1) is 10.5. The van der Waals surface area contributed by atoms with Crippen molar-refractivity contribution in [3.63, 3.8) is 0 Å². The molecule has 0 amide bonds. The molecule has 4 rings (SSSR count). The number of hydrogen-bond donors (Lipinski definition) is 1. The summed E-state index contributed by atoms with van der Waals surface area (Å²) in [7, 11) is 1.85. The van der Waals surface area contributed by atoms with Gasteiger partial charge in [0, 0.05) is 7.11 Å². The minimum absolute atomic E-state index is 0.0487. The van der Waals surface area contributed by atoms with E-state index < -0.39 is 0 Å². The molecule has 0 aromatic rings. The van der Waals surface area contributed by atoms with E-state index in [0.717, 1.165) is 24.2 Å². The number of hydrogen-bond acceptors (Lipinski definition) is 2. The molecule has 7 atom stereocenters. The molecule has 2 heteroatoms. The van der Waals surface area contributed by atoms with Crippen LogP contribution in [0.5, 0.6) is 0 Å². The molecule has 4 aliphatic rings. The number of fused-ring (bicyclic) bond motifs is 5. The first-order valence-corrected chi connectivity index (χ1v) is 9.41. The number of ether oxygens (including phenoxy) is 1. The molecule has 7 unspecified atom stereocenters. The van der Waals surface area contributed by atoms with Crippen LogP contribution in [0.2, 0.25) is 0 Å². The monoisotopic (exact) mass is 304 g/mol. The Hall–Kier alpha value is -0.340. The lowest BCUT2D eigenvalue weighted by Crippen LogP contribution is -2.51. The van der Waals surface area contributed by atoms with Crippen LogP contribution >= 0.6 is 0 Å². The van der Waals surface area contributed by atoms with Gasteiger partial charge in [-0.1, -0.05) is 25.5 Å². The van der Waals surface area contributed by atoms with Crippen molar-refractivity contribution in [2.45, 2.75) is 77.4 Å². The molecule has 3 saturated carbocycles. The van der Waals surface area contributed by atoms with Gasteiger partial charge in [0.2, 0.25) is 0 Å². The number of aliphatic hydroxyl groups is 1. The van der Waals surface area contributed by atoms with E-state index in [4.69, 9.17) is 4.74 Å². The second-order valence-corrected chi connectivity index (χ2v) is 8.98. The summed E-state index contributed by atoms with van der Waals surface area (Å²) in [4.78, 5) is 0. The summed E-state index contributed by atoms with van der Waals surface area (Å²) in [5.74, 6) is 2.45. The highest BCUT2D eigenvalue weighted by molar-refractivity contribution is 5.25. The van der Waals surface area contributed by atoms with Gasteiger partial charge in [0.1, 0.15) is 0 Å². The van der Waals surface area contributed by atoms with E-state index in [1.807, 2.05) is 7.11 Å². The molecule has 1 N–H and O–H groups in total. The lowest BCUT2D eigenvalue weighted by molar-refractivity contribution is -0.0769. The van der Waals surface area contributed by atoms with Crippen LogP contribution in [0.15, 0.2) is 11.6 Å². The third-order valence-electron chi connectivity index (χ3n) is 8.32. The third kappa shape index (κ3) is 1.92. The summed E-state index contributed by atoms with van der Waals surface area (Å²) in [5, 5.41) is 10.5. The summed E-state index contributed by atoms with van der Waals surface area (Å²) in [6.07, 6.45) is 12.7. The van der Waals surface area contributed by atoms with Crippen LogP contribution in [-0.4, -0.2) is 24.4 Å². The zero-order valence-corrected chi connectivity index (χ0v) is 14.5. The zero-order chi connectivity index (χ0) is 15.5. The summed E-state index contributed by atoms with van der Waals surface area (Å²) >= 11 is 0. The Balaban J connectivity index is 1.65. The van der Waals surface area contributed by atoms with Crippen LogP contribution in [0.4, 0.5) is 0 Å². The highest BCUT2D eigenvalue weighted by atomic mass is 16.5. The Bertz CT molecular complexity index is 484. The van der Waals surface area contributed by atoms with Crippen molar-refractivity contribution in [2.24, 2.45) is 28.6 Å². The molecule has 0 radical (unpaired) electrons. The van der Waals surface area contributed by atoms with Gasteiger partial charge in [0.25, 0.3) is 0 Å². The number of methoxy groups -OCH3 is 1. The van der Waals surface area contributed by atoms with E-state index in [9.17, 15) is 5.11 Å². The number of allylic oxidation sites excluding steroid dienone is 1. The molecule has 0 aromatic carbocycles. The molecular formula is C20H32O2. The molecule has 0 aromatic heterocycles. The van der Waals surface area contributed by atoms with E-state index in [2.05, 4.69) is 19.9 Å². The van der Waals surface area contributed by atoms with Crippen molar-refractivity contribution >= 4 is 0 Å². The maximum Gasteiger partial charge on any atom is 0.0755 e. The van der Waals surface area contributed by atoms with E-state index in [1.165, 1.54) is 44.9 Å². The van der Waals surface area contributed by atoms with E-state index in [1.54, 1.807) is 5.57 Å². The van der Waals surface area contributed by atoms with Crippen molar-refractivity contribution < 1.29 is 9.84 Å². The van der Waals surface area contributed by atoms with Crippen LogP contribution in [0.25, 0.3) is 0 Å². The fourth-order valence-electron chi connectivity index (χ4n) is 6.85. The van der Waals surface area contributed by atoms with Gasteiger partial charge in [-0.3, -0.25) is 0 Å². The minimum Gasteiger partial charge on any atom is -0.393 e. The maximum absolute atomic E-state index is 10.5. The standard InChI is InChI=1S/C20H32O2/c1-19-10-8-14(22-3)12-13(19)4-5-15-16-6-7-18(21)20(16,2)11-9-17(15)19/h12,14-18,21H,4-11H2,1-3H3. The van der Waals surface area contributed by atoms with E-state index >= 15 is 0 Å². The molecule has 4 aliphatic carbocycles. The largest absolute Gasteiger partial charge is 0.393 e. The molecule has 0 heterocycles. The maximum atomic E-state index is 10.5. The summed E-state index contributed by atoms with van der Waals surface area (Å²) in [6, 6.07) is 0. The quantitative estimate of drug-likeness (QED) is 0.731. The first-order valence-electron chi connectivity index (χ1n) is 9.41. The second kappa shape index (κ2) is 5.08. The van der Waals surface area contributed by atoms with E-state index in [-0.39, 0.29) is 11.5 Å². The van der Waals surface area contributed by atoms with Crippen LogP contribution in [0.3, 0.4) is 0 Å². The Morgan fingerprint density at radius 1 is 1.05 bits per heavy atom. The van der Waals surface area contributed by atoms with Crippen LogP contribution in [0.1, 0.15) is 65.2 Å². The van der Waals surface area contributed by atoms with E-state index in [0.29, 0.717) is 11.5 Å². The Morgan fingerprint density at radius 3 is 2.64 bits per heavy atom. The predicted octanol–water partition coefficient (Wildman–Crippen LogP) is 4.33. The van der Waals surface area contributed by atoms with Gasteiger partial charge in [-0.25, -0.2) is 0 Å². The van der Waals surface area contributed by atoms with Crippen molar-refractivity contribution in [1.29, 1.82) is 0 Å². The minimum atomic E-state index is -0.0487. The average molecular weight is 304 g/mol. The Morgan fingerprint density at radius 2 is 1.86 bits per heavy atom. The summed E-state index contributed by atoms with van der Waals surface area (Å²) in [5.41, 5.74) is 2.31. The molecule has 22 heavy (non-hydrogen) atoms. The Labute approximate surface area is 135 Å². The number of aliphatic hydroxyl groups excluding tert-OH is 1. The zero-order valence-electron chi connectivity index (χ0n) is 14.5. The molecular weight excluding hydrogens is 272 g/mol. The van der Waals surface area contributed by atoms with Crippen molar-refractivity contribution in [1.82, 2.24) is 0 Å². The normalized spacial score (nSPS) is 54.2. The van der Waals surface area contributed by atoms with Gasteiger partial charge in [0.15, 0.2) is 0 Å². The smallest absolute Gasteiger partial charge is 0.0755 e. The van der Waals surface area contributed by atoms with Crippen molar-refractivity contribution in [3.05, 3.63) is 11.6 Å². The second-order valence-electron chi connectivity index (χ2n) is 8.98. The van der Waals surface area contributed by atoms with Gasteiger partial charge < -0.3 is 9.84 Å². The van der Waals surface area contributed by atoms with Gasteiger partial charge in [-0.2, -0.15) is 0 Å². The van der Waals surface area contributed by atoms with Crippen LogP contribution < -0.4 is 0 Å². The lowest BCUT2D eigenvalue weighted by Gasteiger charge is -2.58. The van der Waals surface area contributed by atoms with Crippen LogP contribution in [-0.2, 0) is 4.74 Å². The van der Waals surface area contributed by atoms with Crippen LogP contribution in [0, 0.1) is 28.6 Å². The molecule has 3 fully saturated rings. The van der Waals surface area contributed by atoms with Gasteiger partial charge in [-0.05, 0) is 80.0 Å². The van der Waals surface area contributed by atoms with Crippen molar-refractivity contribution in [2.75, 3.05) is 7.11 Å². The highest BCUT2D eigenvalue weighted by Crippen LogP contribution is 2.65. The Kier molecular flexibility index (Phi) is 3.51. The summed E-state index contributed by atoms with van der Waals surface area (Å²) < 4.78 is 5.61. The molecule has 0 spiro atoms. The molecule has 0 bridgehead atoms. The first kappa shape index (κ1) is 15.2. The summed E-state index contributed by atoms with van der Waals surface area (Å²) in [6.45, 7) is 4.91. The fraction of sp³-hybridized carbons (Fsp3) is 0.900. The third-order valence-corrected chi connectivity index (χ3v) is 8.32. The average Bonchev–Trinajstić information content (AvgIpc) is 2.82.